The maximum absolute atomic E-state index is 9.64. The third-order valence-electron chi connectivity index (χ3n) is 3.29. The van der Waals surface area contributed by atoms with Crippen LogP contribution in [0.15, 0.2) is 46.9 Å². The van der Waals surface area contributed by atoms with E-state index in [1.807, 2.05) is 37.3 Å². The lowest BCUT2D eigenvalue weighted by Crippen LogP contribution is -1.85. The third-order valence-corrected chi connectivity index (χ3v) is 3.29. The highest BCUT2D eigenvalue weighted by atomic mass is 16.5. The molecule has 0 amide bonds. The minimum Gasteiger partial charge on any atom is -0.504 e. The quantitative estimate of drug-likeness (QED) is 0.748. The second-order valence-electron chi connectivity index (χ2n) is 4.44. The van der Waals surface area contributed by atoms with Gasteiger partial charge in [-0.2, -0.15) is 0 Å². The number of rotatable bonds is 2. The molecule has 0 unspecified atom stereocenters. The van der Waals surface area contributed by atoms with Crippen LogP contribution in [0.25, 0.3) is 22.3 Å². The van der Waals surface area contributed by atoms with Crippen molar-refractivity contribution in [2.24, 2.45) is 0 Å². The molecule has 3 heteroatoms. The molecule has 19 heavy (non-hydrogen) atoms. The first kappa shape index (κ1) is 11.7. The van der Waals surface area contributed by atoms with E-state index in [4.69, 9.17) is 9.15 Å². The van der Waals surface area contributed by atoms with Crippen molar-refractivity contribution in [2.75, 3.05) is 7.11 Å². The molecule has 96 valence electrons. The van der Waals surface area contributed by atoms with Crippen molar-refractivity contribution in [1.29, 1.82) is 0 Å². The Bertz CT molecular complexity index is 741. The zero-order valence-electron chi connectivity index (χ0n) is 10.8. The lowest BCUT2D eigenvalue weighted by atomic mass is 10.1. The Morgan fingerprint density at radius 1 is 1.11 bits per heavy atom. The van der Waals surface area contributed by atoms with Gasteiger partial charge in [-0.15, -0.1) is 0 Å². The molecular formula is C16H14O3. The molecule has 2 aromatic carbocycles. The molecule has 0 atom stereocenters. The highest BCUT2D eigenvalue weighted by molar-refractivity contribution is 5.87. The van der Waals surface area contributed by atoms with Gasteiger partial charge in [0.25, 0.3) is 0 Å². The van der Waals surface area contributed by atoms with Gasteiger partial charge in [0.2, 0.25) is 0 Å². The summed E-state index contributed by atoms with van der Waals surface area (Å²) in [5.41, 5.74) is 2.84. The number of hydrogen-bond donors (Lipinski definition) is 1. The Kier molecular flexibility index (Phi) is 2.67. The van der Waals surface area contributed by atoms with Crippen LogP contribution in [0.4, 0.5) is 0 Å². The molecule has 0 bridgehead atoms. The van der Waals surface area contributed by atoms with Crippen molar-refractivity contribution >= 4 is 11.0 Å². The van der Waals surface area contributed by atoms with Gasteiger partial charge < -0.3 is 14.3 Å². The normalized spacial score (nSPS) is 10.8. The number of furan rings is 1. The first-order valence-corrected chi connectivity index (χ1v) is 6.06. The molecule has 0 saturated heterocycles. The van der Waals surface area contributed by atoms with Crippen LogP contribution < -0.4 is 4.74 Å². The molecule has 0 spiro atoms. The zero-order valence-corrected chi connectivity index (χ0v) is 10.8. The number of ether oxygens (including phenoxy) is 1. The van der Waals surface area contributed by atoms with Crippen molar-refractivity contribution in [1.82, 2.24) is 0 Å². The fourth-order valence-electron chi connectivity index (χ4n) is 2.27. The molecule has 0 radical (unpaired) electrons. The number of aryl methyl sites for hydroxylation is 1. The van der Waals surface area contributed by atoms with Crippen molar-refractivity contribution in [3.8, 4) is 22.8 Å². The van der Waals surface area contributed by atoms with Crippen molar-refractivity contribution < 1.29 is 14.3 Å². The van der Waals surface area contributed by atoms with Gasteiger partial charge in [0.1, 0.15) is 11.3 Å². The number of aromatic hydroxyl groups is 1. The standard InChI is InChI=1S/C16H14O3/c1-10-12-5-3-4-6-14(12)19-16(10)11-7-8-13(17)15(9-11)18-2/h3-9,17H,1-2H3. The molecule has 3 aromatic rings. The van der Waals surface area contributed by atoms with E-state index >= 15 is 0 Å². The number of phenols is 1. The molecule has 1 N–H and O–H groups in total. The summed E-state index contributed by atoms with van der Waals surface area (Å²) in [5, 5.41) is 10.7. The van der Waals surface area contributed by atoms with E-state index in [1.165, 1.54) is 7.11 Å². The van der Waals surface area contributed by atoms with Crippen LogP contribution in [0.5, 0.6) is 11.5 Å². The summed E-state index contributed by atoms with van der Waals surface area (Å²) in [6.45, 7) is 2.03. The molecule has 0 fully saturated rings. The fourth-order valence-corrected chi connectivity index (χ4v) is 2.27. The molecule has 0 aliphatic heterocycles. The van der Waals surface area contributed by atoms with Crippen molar-refractivity contribution in [3.63, 3.8) is 0 Å². The van der Waals surface area contributed by atoms with Gasteiger partial charge in [0, 0.05) is 16.5 Å². The summed E-state index contributed by atoms with van der Waals surface area (Å²) < 4.78 is 11.0. The Morgan fingerprint density at radius 3 is 2.63 bits per heavy atom. The maximum Gasteiger partial charge on any atom is 0.161 e. The summed E-state index contributed by atoms with van der Waals surface area (Å²) in [7, 11) is 1.53. The SMILES string of the molecule is COc1cc(-c2oc3ccccc3c2C)ccc1O. The monoisotopic (exact) mass is 254 g/mol. The fraction of sp³-hybridized carbons (Fsp3) is 0.125. The predicted octanol–water partition coefficient (Wildman–Crippen LogP) is 4.12. The number of methoxy groups -OCH3 is 1. The van der Waals surface area contributed by atoms with Crippen LogP contribution in [0.2, 0.25) is 0 Å². The molecule has 0 aliphatic carbocycles. The van der Waals surface area contributed by atoms with Crippen LogP contribution in [0.1, 0.15) is 5.56 Å². The smallest absolute Gasteiger partial charge is 0.161 e. The largest absolute Gasteiger partial charge is 0.504 e. The number of hydrogen-bond acceptors (Lipinski definition) is 3. The van der Waals surface area contributed by atoms with Crippen LogP contribution >= 0.6 is 0 Å². The Balaban J connectivity index is 2.21. The van der Waals surface area contributed by atoms with Gasteiger partial charge in [-0.25, -0.2) is 0 Å². The van der Waals surface area contributed by atoms with Gasteiger partial charge >= 0.3 is 0 Å². The summed E-state index contributed by atoms with van der Waals surface area (Å²) >= 11 is 0. The van der Waals surface area contributed by atoms with Gasteiger partial charge in [-0.3, -0.25) is 0 Å². The van der Waals surface area contributed by atoms with Crippen LogP contribution in [-0.4, -0.2) is 12.2 Å². The topological polar surface area (TPSA) is 42.6 Å². The van der Waals surface area contributed by atoms with E-state index in [2.05, 4.69) is 0 Å². The second-order valence-corrected chi connectivity index (χ2v) is 4.44. The van der Waals surface area contributed by atoms with Crippen LogP contribution in [-0.2, 0) is 0 Å². The number of phenolic OH excluding ortho intramolecular Hbond substituents is 1. The van der Waals surface area contributed by atoms with Gasteiger partial charge in [-0.1, -0.05) is 18.2 Å². The average Bonchev–Trinajstić information content (AvgIpc) is 2.77. The highest BCUT2D eigenvalue weighted by Gasteiger charge is 2.13. The minimum atomic E-state index is 0.125. The van der Waals surface area contributed by atoms with E-state index < -0.39 is 0 Å². The van der Waals surface area contributed by atoms with E-state index in [0.717, 1.165) is 27.9 Å². The average molecular weight is 254 g/mol. The molecule has 1 aromatic heterocycles. The molecule has 3 rings (SSSR count). The summed E-state index contributed by atoms with van der Waals surface area (Å²) in [6.07, 6.45) is 0. The predicted molar refractivity (Wildman–Crippen MR) is 74.6 cm³/mol. The number of para-hydroxylation sites is 1. The van der Waals surface area contributed by atoms with Gasteiger partial charge in [0.05, 0.1) is 7.11 Å². The first-order chi connectivity index (χ1) is 9.20. The lowest BCUT2D eigenvalue weighted by Gasteiger charge is -2.05. The van der Waals surface area contributed by atoms with E-state index in [-0.39, 0.29) is 5.75 Å². The Labute approximate surface area is 111 Å². The van der Waals surface area contributed by atoms with Crippen molar-refractivity contribution in [2.45, 2.75) is 6.92 Å². The second kappa shape index (κ2) is 4.35. The molecule has 0 aliphatic rings. The highest BCUT2D eigenvalue weighted by Crippen LogP contribution is 2.36. The summed E-state index contributed by atoms with van der Waals surface area (Å²) in [6, 6.07) is 13.1. The van der Waals surface area contributed by atoms with E-state index in [0.29, 0.717) is 5.75 Å². The number of fused-ring (bicyclic) bond motifs is 1. The molecular weight excluding hydrogens is 240 g/mol. The van der Waals surface area contributed by atoms with Crippen molar-refractivity contribution in [3.05, 3.63) is 48.0 Å². The molecule has 0 saturated carbocycles. The van der Waals surface area contributed by atoms with Crippen LogP contribution in [0.3, 0.4) is 0 Å². The molecule has 1 heterocycles. The van der Waals surface area contributed by atoms with E-state index in [9.17, 15) is 5.11 Å². The zero-order chi connectivity index (χ0) is 13.4. The third kappa shape index (κ3) is 1.83. The minimum absolute atomic E-state index is 0.125. The van der Waals surface area contributed by atoms with Gasteiger partial charge in [0.15, 0.2) is 11.5 Å². The Hall–Kier alpha value is -2.42. The lowest BCUT2D eigenvalue weighted by molar-refractivity contribution is 0.373. The molecule has 3 nitrogen and oxygen atoms in total. The maximum atomic E-state index is 9.64. The van der Waals surface area contributed by atoms with Gasteiger partial charge in [-0.05, 0) is 31.2 Å². The first-order valence-electron chi connectivity index (χ1n) is 6.06. The van der Waals surface area contributed by atoms with E-state index in [1.54, 1.807) is 12.1 Å². The van der Waals surface area contributed by atoms with Crippen LogP contribution in [0, 0.1) is 6.92 Å². The summed E-state index contributed by atoms with van der Waals surface area (Å²) in [5.74, 6) is 1.37. The number of benzene rings is 2. The Morgan fingerprint density at radius 2 is 1.89 bits per heavy atom. The summed E-state index contributed by atoms with van der Waals surface area (Å²) in [4.78, 5) is 0.